The number of halogens is 5. The predicted octanol–water partition coefficient (Wildman–Crippen LogP) is 4.46. The molecule has 0 aliphatic heterocycles. The van der Waals surface area contributed by atoms with E-state index in [1.54, 1.807) is 0 Å². The molecule has 0 spiro atoms. The Morgan fingerprint density at radius 1 is 1.40 bits per heavy atom. The Morgan fingerprint density at radius 3 is 2.45 bits per heavy atom. The average Bonchev–Trinajstić information content (AvgIpc) is 2.34. The second-order valence-electron chi connectivity index (χ2n) is 4.67. The van der Waals surface area contributed by atoms with Crippen molar-refractivity contribution in [1.29, 1.82) is 0 Å². The summed E-state index contributed by atoms with van der Waals surface area (Å²) in [6.45, 7) is 3.67. The summed E-state index contributed by atoms with van der Waals surface area (Å²) in [7, 11) is 0. The first kappa shape index (κ1) is 17.3. The van der Waals surface area contributed by atoms with Crippen molar-refractivity contribution in [3.8, 4) is 0 Å². The molecule has 0 radical (unpaired) electrons. The first-order chi connectivity index (χ1) is 9.16. The number of rotatable bonds is 4. The maximum atomic E-state index is 12.9. The summed E-state index contributed by atoms with van der Waals surface area (Å²) in [4.78, 5) is 12.0. The summed E-state index contributed by atoms with van der Waals surface area (Å²) in [6.07, 6.45) is -4.59. The maximum absolute atomic E-state index is 12.9. The molecule has 1 amide bonds. The molecule has 0 aromatic heterocycles. The Morgan fingerprint density at radius 2 is 2.00 bits per heavy atom. The van der Waals surface area contributed by atoms with E-state index in [2.05, 4.69) is 21.2 Å². The van der Waals surface area contributed by atoms with Gasteiger partial charge in [-0.3, -0.25) is 4.79 Å². The minimum absolute atomic E-state index is 0.0289. The molecule has 112 valence electrons. The quantitative estimate of drug-likeness (QED) is 0.777. The molecule has 1 N–H and O–H groups in total. The van der Waals surface area contributed by atoms with Gasteiger partial charge in [-0.15, -0.1) is 11.6 Å². The molecular formula is C13H14BrClF3NO. The highest BCUT2D eigenvalue weighted by molar-refractivity contribution is 9.10. The average molecular weight is 373 g/mol. The highest BCUT2D eigenvalue weighted by Crippen LogP contribution is 2.34. The first-order valence-electron chi connectivity index (χ1n) is 5.90. The number of hydrogen-bond donors (Lipinski definition) is 1. The molecule has 7 heteroatoms. The standard InChI is InChI=1S/C13H14BrClF3NO/c1-7(2)11(6-15)19-12(20)9-4-3-8(14)5-10(9)13(16,17)18/h3-5,7,11H,6H2,1-2H3,(H,19,20). The van der Waals surface area contributed by atoms with Crippen LogP contribution in [-0.4, -0.2) is 17.8 Å². The lowest BCUT2D eigenvalue weighted by Crippen LogP contribution is -2.40. The van der Waals surface area contributed by atoms with Gasteiger partial charge in [-0.1, -0.05) is 29.8 Å². The van der Waals surface area contributed by atoms with E-state index in [0.29, 0.717) is 0 Å². The van der Waals surface area contributed by atoms with Crippen molar-refractivity contribution < 1.29 is 18.0 Å². The fourth-order valence-electron chi connectivity index (χ4n) is 1.58. The van der Waals surface area contributed by atoms with Gasteiger partial charge in [-0.25, -0.2) is 0 Å². The van der Waals surface area contributed by atoms with Crippen LogP contribution in [0.3, 0.4) is 0 Å². The summed E-state index contributed by atoms with van der Waals surface area (Å²) in [5, 5.41) is 2.53. The monoisotopic (exact) mass is 371 g/mol. The molecule has 0 fully saturated rings. The van der Waals surface area contributed by atoms with Gasteiger partial charge in [0.15, 0.2) is 0 Å². The number of benzene rings is 1. The fourth-order valence-corrected chi connectivity index (χ4v) is 2.37. The molecule has 0 bridgehead atoms. The van der Waals surface area contributed by atoms with E-state index in [1.807, 2.05) is 13.8 Å². The second-order valence-corrected chi connectivity index (χ2v) is 5.89. The van der Waals surface area contributed by atoms with Crippen LogP contribution >= 0.6 is 27.5 Å². The molecular weight excluding hydrogens is 358 g/mol. The van der Waals surface area contributed by atoms with Crippen LogP contribution in [0.4, 0.5) is 13.2 Å². The maximum Gasteiger partial charge on any atom is 0.417 e. The minimum Gasteiger partial charge on any atom is -0.348 e. The normalized spacial score (nSPS) is 13.4. The molecule has 0 heterocycles. The van der Waals surface area contributed by atoms with Gasteiger partial charge in [0, 0.05) is 16.4 Å². The van der Waals surface area contributed by atoms with E-state index >= 15 is 0 Å². The molecule has 0 saturated carbocycles. The summed E-state index contributed by atoms with van der Waals surface area (Å²) >= 11 is 8.68. The highest BCUT2D eigenvalue weighted by atomic mass is 79.9. The summed E-state index contributed by atoms with van der Waals surface area (Å²) in [5.74, 6) is -0.605. The highest BCUT2D eigenvalue weighted by Gasteiger charge is 2.35. The third-order valence-electron chi connectivity index (χ3n) is 2.82. The Labute approximate surface area is 128 Å². The predicted molar refractivity (Wildman–Crippen MR) is 76.0 cm³/mol. The lowest BCUT2D eigenvalue weighted by atomic mass is 10.0. The topological polar surface area (TPSA) is 29.1 Å². The van der Waals surface area contributed by atoms with Crippen LogP contribution in [0, 0.1) is 5.92 Å². The van der Waals surface area contributed by atoms with Gasteiger partial charge in [-0.05, 0) is 24.1 Å². The van der Waals surface area contributed by atoms with Crippen LogP contribution in [0.2, 0.25) is 0 Å². The molecule has 1 aromatic carbocycles. The van der Waals surface area contributed by atoms with E-state index in [4.69, 9.17) is 11.6 Å². The van der Waals surface area contributed by atoms with Crippen LogP contribution < -0.4 is 5.32 Å². The van der Waals surface area contributed by atoms with Crippen molar-refractivity contribution in [3.05, 3.63) is 33.8 Å². The van der Waals surface area contributed by atoms with E-state index in [-0.39, 0.29) is 22.3 Å². The zero-order chi connectivity index (χ0) is 15.5. The van der Waals surface area contributed by atoms with Crippen LogP contribution in [0.5, 0.6) is 0 Å². The second kappa shape index (κ2) is 6.80. The summed E-state index contributed by atoms with van der Waals surface area (Å²) in [5.41, 5.74) is -1.38. The van der Waals surface area contributed by atoms with Gasteiger partial charge in [0.05, 0.1) is 11.1 Å². The van der Waals surface area contributed by atoms with Crippen LogP contribution in [-0.2, 0) is 6.18 Å². The molecule has 1 rings (SSSR count). The lowest BCUT2D eigenvalue weighted by Gasteiger charge is -2.21. The molecule has 1 atom stereocenters. The summed E-state index contributed by atoms with van der Waals surface area (Å²) in [6, 6.07) is 3.05. The summed E-state index contributed by atoms with van der Waals surface area (Å²) < 4.78 is 39.1. The molecule has 2 nitrogen and oxygen atoms in total. The fraction of sp³-hybridized carbons (Fsp3) is 0.462. The Bertz CT molecular complexity index is 491. The number of hydrogen-bond acceptors (Lipinski definition) is 1. The Hall–Kier alpha value is -0.750. The van der Waals surface area contributed by atoms with Crippen molar-refractivity contribution in [2.24, 2.45) is 5.92 Å². The number of carbonyl (C=O) groups is 1. The third kappa shape index (κ3) is 4.38. The van der Waals surface area contributed by atoms with Crippen LogP contribution in [0.1, 0.15) is 29.8 Å². The van der Waals surface area contributed by atoms with Gasteiger partial charge in [0.25, 0.3) is 5.91 Å². The Balaban J connectivity index is 3.10. The zero-order valence-electron chi connectivity index (χ0n) is 10.9. The smallest absolute Gasteiger partial charge is 0.348 e. The van der Waals surface area contributed by atoms with Gasteiger partial charge >= 0.3 is 6.18 Å². The van der Waals surface area contributed by atoms with Crippen LogP contribution in [0.15, 0.2) is 22.7 Å². The molecule has 0 aliphatic carbocycles. The van der Waals surface area contributed by atoms with Crippen molar-refractivity contribution in [2.45, 2.75) is 26.1 Å². The van der Waals surface area contributed by atoms with Crippen LogP contribution in [0.25, 0.3) is 0 Å². The number of alkyl halides is 4. The van der Waals surface area contributed by atoms with E-state index < -0.39 is 23.2 Å². The lowest BCUT2D eigenvalue weighted by molar-refractivity contribution is -0.138. The number of amides is 1. The molecule has 1 aromatic rings. The zero-order valence-corrected chi connectivity index (χ0v) is 13.2. The minimum atomic E-state index is -4.59. The first-order valence-corrected chi connectivity index (χ1v) is 7.23. The van der Waals surface area contributed by atoms with Gasteiger partial charge < -0.3 is 5.32 Å². The molecule has 0 saturated heterocycles. The number of nitrogens with one attached hydrogen (secondary N) is 1. The van der Waals surface area contributed by atoms with Gasteiger partial charge in [-0.2, -0.15) is 13.2 Å². The number of carbonyl (C=O) groups excluding carboxylic acids is 1. The van der Waals surface area contributed by atoms with Gasteiger partial charge in [0.2, 0.25) is 0 Å². The van der Waals surface area contributed by atoms with E-state index in [9.17, 15) is 18.0 Å². The molecule has 20 heavy (non-hydrogen) atoms. The third-order valence-corrected chi connectivity index (χ3v) is 3.64. The van der Waals surface area contributed by atoms with Crippen molar-refractivity contribution >= 4 is 33.4 Å². The van der Waals surface area contributed by atoms with Crippen molar-refractivity contribution in [1.82, 2.24) is 5.32 Å². The molecule has 0 aliphatic rings. The van der Waals surface area contributed by atoms with E-state index in [0.717, 1.165) is 12.1 Å². The van der Waals surface area contributed by atoms with Gasteiger partial charge in [0.1, 0.15) is 0 Å². The SMILES string of the molecule is CC(C)C(CCl)NC(=O)c1ccc(Br)cc1C(F)(F)F. The van der Waals surface area contributed by atoms with Crippen molar-refractivity contribution in [2.75, 3.05) is 5.88 Å². The van der Waals surface area contributed by atoms with E-state index in [1.165, 1.54) is 6.07 Å². The molecule has 1 unspecified atom stereocenters. The Kier molecular flexibility index (Phi) is 5.89. The largest absolute Gasteiger partial charge is 0.417 e. The van der Waals surface area contributed by atoms with Crippen molar-refractivity contribution in [3.63, 3.8) is 0 Å².